The van der Waals surface area contributed by atoms with Crippen LogP contribution in [0.1, 0.15) is 6.42 Å². The lowest BCUT2D eigenvalue weighted by atomic mass is 10.4. The van der Waals surface area contributed by atoms with Crippen molar-refractivity contribution in [3.8, 4) is 0 Å². The molecule has 7 heteroatoms. The summed E-state index contributed by atoms with van der Waals surface area (Å²) in [4.78, 5) is 0. The molecular formula is C14H36NO3Si3+. The van der Waals surface area contributed by atoms with Crippen LogP contribution < -0.4 is 0 Å². The monoisotopic (exact) mass is 350 g/mol. The van der Waals surface area contributed by atoms with Crippen LogP contribution in [-0.2, 0) is 8.85 Å². The van der Waals surface area contributed by atoms with Crippen molar-refractivity contribution in [2.45, 2.75) is 57.7 Å². The summed E-state index contributed by atoms with van der Waals surface area (Å²) in [5.74, 6) is -0.00297. The Labute approximate surface area is 136 Å². The second kappa shape index (κ2) is 8.95. The molecule has 0 saturated heterocycles. The standard InChI is InChI=1S/C14H36NO3Si3/c1-15(2,11-12-16)10-9-13-19-14(17-20(3,4)5)18-21(6,7)8/h14,16H,9-13H2,1-8H3/q+1. The first-order valence-corrected chi connectivity index (χ1v) is 16.0. The van der Waals surface area contributed by atoms with E-state index in [1.54, 1.807) is 0 Å². The van der Waals surface area contributed by atoms with Crippen molar-refractivity contribution in [1.29, 1.82) is 0 Å². The summed E-state index contributed by atoms with van der Waals surface area (Å²) in [6, 6.07) is 1.15. The smallest absolute Gasteiger partial charge is 0.186 e. The highest BCUT2D eigenvalue weighted by molar-refractivity contribution is 6.71. The van der Waals surface area contributed by atoms with E-state index in [1.165, 1.54) is 0 Å². The van der Waals surface area contributed by atoms with Gasteiger partial charge in [0.2, 0.25) is 0 Å². The Balaban J connectivity index is 4.24. The van der Waals surface area contributed by atoms with Gasteiger partial charge in [-0.25, -0.2) is 0 Å². The highest BCUT2D eigenvalue weighted by Crippen LogP contribution is 2.15. The number of hydrogen-bond acceptors (Lipinski definition) is 3. The number of rotatable bonds is 11. The summed E-state index contributed by atoms with van der Waals surface area (Å²) >= 11 is 0. The molecule has 1 N–H and O–H groups in total. The average molecular weight is 351 g/mol. The number of quaternary nitrogens is 1. The minimum absolute atomic E-state index is 0.00297. The minimum Gasteiger partial charge on any atom is -0.397 e. The summed E-state index contributed by atoms with van der Waals surface area (Å²) in [5, 5.41) is 9.06. The van der Waals surface area contributed by atoms with Crippen LogP contribution >= 0.6 is 0 Å². The van der Waals surface area contributed by atoms with Crippen LogP contribution in [-0.4, -0.2) is 75.4 Å². The van der Waals surface area contributed by atoms with Crippen molar-refractivity contribution < 1.29 is 18.4 Å². The number of aliphatic hydroxyl groups is 1. The van der Waals surface area contributed by atoms with Crippen molar-refractivity contribution in [3.05, 3.63) is 0 Å². The Kier molecular flexibility index (Phi) is 9.16. The fourth-order valence-corrected chi connectivity index (χ4v) is 6.72. The molecule has 0 amide bonds. The van der Waals surface area contributed by atoms with Crippen molar-refractivity contribution in [3.63, 3.8) is 0 Å². The van der Waals surface area contributed by atoms with Gasteiger partial charge >= 0.3 is 0 Å². The van der Waals surface area contributed by atoms with Crippen molar-refractivity contribution >= 4 is 26.2 Å². The number of aliphatic hydroxyl groups excluding tert-OH is 1. The molecule has 0 aromatic carbocycles. The third-order valence-corrected chi connectivity index (χ3v) is 6.40. The molecule has 0 saturated carbocycles. The molecule has 2 radical (unpaired) electrons. The highest BCUT2D eigenvalue weighted by atomic mass is 28.4. The maximum Gasteiger partial charge on any atom is 0.186 e. The molecule has 0 spiro atoms. The van der Waals surface area contributed by atoms with Gasteiger partial charge in [0.05, 0.1) is 27.2 Å². The van der Waals surface area contributed by atoms with E-state index in [0.29, 0.717) is 9.52 Å². The summed E-state index contributed by atoms with van der Waals surface area (Å²) in [6.45, 7) is 15.5. The van der Waals surface area contributed by atoms with Gasteiger partial charge in [-0.1, -0.05) is 6.04 Å². The molecule has 21 heavy (non-hydrogen) atoms. The zero-order valence-corrected chi connectivity index (χ0v) is 18.3. The van der Waals surface area contributed by atoms with E-state index in [-0.39, 0.29) is 12.5 Å². The van der Waals surface area contributed by atoms with Gasteiger partial charge in [-0.3, -0.25) is 0 Å². The third kappa shape index (κ3) is 13.9. The van der Waals surface area contributed by atoms with Crippen LogP contribution in [0, 0.1) is 0 Å². The fraction of sp³-hybridized carbons (Fsp3) is 1.00. The largest absolute Gasteiger partial charge is 0.397 e. The second-order valence-electron chi connectivity index (χ2n) is 8.21. The van der Waals surface area contributed by atoms with E-state index >= 15 is 0 Å². The normalized spacial score (nSPS) is 14.0. The SMILES string of the molecule is C[N+](C)(CCO)CCC[Si]C(O[Si](C)(C)C)O[Si](C)(C)C. The Morgan fingerprint density at radius 2 is 1.43 bits per heavy atom. The molecule has 126 valence electrons. The highest BCUT2D eigenvalue weighted by Gasteiger charge is 2.27. The molecule has 0 aliphatic rings. The van der Waals surface area contributed by atoms with E-state index in [4.69, 9.17) is 14.0 Å². The predicted molar refractivity (Wildman–Crippen MR) is 96.8 cm³/mol. The van der Waals surface area contributed by atoms with E-state index in [9.17, 15) is 0 Å². The molecule has 0 aliphatic heterocycles. The zero-order chi connectivity index (χ0) is 16.7. The van der Waals surface area contributed by atoms with Crippen LogP contribution in [0.3, 0.4) is 0 Å². The van der Waals surface area contributed by atoms with E-state index < -0.39 is 16.6 Å². The Bertz CT molecular complexity index is 272. The first-order chi connectivity index (χ1) is 9.35. The van der Waals surface area contributed by atoms with Gasteiger partial charge in [0.15, 0.2) is 16.6 Å². The quantitative estimate of drug-likeness (QED) is 0.269. The van der Waals surface area contributed by atoms with Crippen molar-refractivity contribution in [1.82, 2.24) is 0 Å². The lowest BCUT2D eigenvalue weighted by Crippen LogP contribution is -2.44. The average Bonchev–Trinajstić information content (AvgIpc) is 2.19. The summed E-state index contributed by atoms with van der Waals surface area (Å²) in [6.07, 6.45) is 1.16. The molecule has 4 nitrogen and oxygen atoms in total. The lowest BCUT2D eigenvalue weighted by Gasteiger charge is -2.32. The molecule has 0 bridgehead atoms. The zero-order valence-electron chi connectivity index (χ0n) is 15.3. The van der Waals surface area contributed by atoms with E-state index in [2.05, 4.69) is 53.4 Å². The molecule has 0 atom stereocenters. The van der Waals surface area contributed by atoms with Gasteiger partial charge in [0.1, 0.15) is 22.0 Å². The lowest BCUT2D eigenvalue weighted by molar-refractivity contribution is -0.890. The molecule has 0 heterocycles. The third-order valence-electron chi connectivity index (χ3n) is 2.88. The second-order valence-corrected chi connectivity index (χ2v) is 18.5. The van der Waals surface area contributed by atoms with Crippen LogP contribution in [0.5, 0.6) is 0 Å². The Morgan fingerprint density at radius 1 is 0.952 bits per heavy atom. The minimum atomic E-state index is -1.56. The number of hydrogen-bond donors (Lipinski definition) is 1. The van der Waals surface area contributed by atoms with E-state index in [1.807, 2.05) is 0 Å². The van der Waals surface area contributed by atoms with Gasteiger partial charge in [0, 0.05) is 0 Å². The summed E-state index contributed by atoms with van der Waals surface area (Å²) < 4.78 is 13.3. The topological polar surface area (TPSA) is 38.7 Å². The molecule has 0 aliphatic carbocycles. The molecule has 0 aromatic heterocycles. The Morgan fingerprint density at radius 3 is 1.81 bits per heavy atom. The van der Waals surface area contributed by atoms with Gasteiger partial charge in [-0.05, 0) is 45.7 Å². The first kappa shape index (κ1) is 21.5. The van der Waals surface area contributed by atoms with Gasteiger partial charge in [-0.2, -0.15) is 0 Å². The maximum atomic E-state index is 9.06. The molecule has 0 rings (SSSR count). The number of likely N-dealkylation sites (N-methyl/N-ethyl adjacent to an activating group) is 1. The number of nitrogens with zero attached hydrogens (tertiary/aromatic N) is 1. The van der Waals surface area contributed by atoms with Crippen LogP contribution in [0.25, 0.3) is 0 Å². The fourth-order valence-electron chi connectivity index (χ4n) is 1.86. The van der Waals surface area contributed by atoms with Crippen LogP contribution in [0.15, 0.2) is 0 Å². The predicted octanol–water partition coefficient (Wildman–Crippen LogP) is 2.55. The van der Waals surface area contributed by atoms with Crippen LogP contribution in [0.4, 0.5) is 0 Å². The maximum absolute atomic E-state index is 9.06. The first-order valence-electron chi connectivity index (χ1n) is 7.86. The van der Waals surface area contributed by atoms with Crippen molar-refractivity contribution in [2.75, 3.05) is 33.8 Å². The van der Waals surface area contributed by atoms with Gasteiger partial charge < -0.3 is 18.4 Å². The Hall–Kier alpha value is 0.491. The van der Waals surface area contributed by atoms with Gasteiger partial charge in [-0.15, -0.1) is 0 Å². The molecule has 0 aromatic rings. The summed E-state index contributed by atoms with van der Waals surface area (Å²) in [5.41, 5.74) is 0. The molecular weight excluding hydrogens is 314 g/mol. The molecule has 0 fully saturated rings. The van der Waals surface area contributed by atoms with Gasteiger partial charge in [0.25, 0.3) is 0 Å². The van der Waals surface area contributed by atoms with Crippen LogP contribution in [0.2, 0.25) is 45.3 Å². The van der Waals surface area contributed by atoms with Crippen molar-refractivity contribution in [2.24, 2.45) is 0 Å². The van der Waals surface area contributed by atoms with E-state index in [0.717, 1.165) is 30.0 Å². The molecule has 0 unspecified atom stereocenters. The summed E-state index contributed by atoms with van der Waals surface area (Å²) in [7, 11) is 1.94.